The van der Waals surface area contributed by atoms with E-state index in [1.54, 1.807) is 0 Å². The summed E-state index contributed by atoms with van der Waals surface area (Å²) in [5.41, 5.74) is 2.55. The Morgan fingerprint density at radius 2 is 2.10 bits per heavy atom. The summed E-state index contributed by atoms with van der Waals surface area (Å²) in [5, 5.41) is 19.4. The first-order valence-electron chi connectivity index (χ1n) is 9.12. The van der Waals surface area contributed by atoms with Gasteiger partial charge in [-0.3, -0.25) is 4.79 Å². The van der Waals surface area contributed by atoms with Crippen LogP contribution in [0, 0.1) is 17.1 Å². The first kappa shape index (κ1) is 21.5. The zero-order valence-electron chi connectivity index (χ0n) is 15.8. The molecule has 0 radical (unpaired) electrons. The zero-order valence-corrected chi connectivity index (χ0v) is 16.7. The molecule has 30 heavy (non-hydrogen) atoms. The van der Waals surface area contributed by atoms with Crippen LogP contribution in [0.1, 0.15) is 27.6 Å². The maximum absolute atomic E-state index is 13.3. The number of carbonyl (C=O) groups is 1. The molecule has 3 aromatic rings. The van der Waals surface area contributed by atoms with Crippen molar-refractivity contribution in [2.45, 2.75) is 6.10 Å². The average molecular weight is 428 g/mol. The normalized spacial score (nSPS) is 15.7. The molecule has 0 bridgehead atoms. The van der Waals surface area contributed by atoms with Gasteiger partial charge in [-0.1, -0.05) is 12.1 Å². The van der Waals surface area contributed by atoms with Crippen LogP contribution in [0.5, 0.6) is 0 Å². The highest BCUT2D eigenvalue weighted by Crippen LogP contribution is 2.21. The number of carbonyl (C=O) groups excluding carboxylic acids is 1. The van der Waals surface area contributed by atoms with Gasteiger partial charge in [-0.25, -0.2) is 9.07 Å². The van der Waals surface area contributed by atoms with Gasteiger partial charge in [-0.2, -0.15) is 10.4 Å². The van der Waals surface area contributed by atoms with E-state index >= 15 is 0 Å². The van der Waals surface area contributed by atoms with Gasteiger partial charge in [0.1, 0.15) is 11.9 Å². The molecule has 1 aliphatic rings. The number of nitriles is 1. The van der Waals surface area contributed by atoms with E-state index in [-0.39, 0.29) is 30.0 Å². The molecule has 1 saturated heterocycles. The standard InChI is InChI=1S/C21H18FN5O2.ClH/c22-17-3-6-19(15(9-17)10-23)27-13-16(11-25-27)21(28)26-18-4-1-14(2-5-18)20-12-24-7-8-29-20;/h1-6,9,11,13,20,24H,7-8,12H2,(H,26,28);1H/t20-;/m1./s1. The summed E-state index contributed by atoms with van der Waals surface area (Å²) in [4.78, 5) is 12.5. The van der Waals surface area contributed by atoms with E-state index in [1.807, 2.05) is 30.3 Å². The highest BCUT2D eigenvalue weighted by atomic mass is 35.5. The van der Waals surface area contributed by atoms with Gasteiger partial charge in [-0.15, -0.1) is 12.4 Å². The molecule has 1 amide bonds. The summed E-state index contributed by atoms with van der Waals surface area (Å²) < 4.78 is 20.4. The van der Waals surface area contributed by atoms with Gasteiger partial charge >= 0.3 is 0 Å². The summed E-state index contributed by atoms with van der Waals surface area (Å²) >= 11 is 0. The molecule has 1 fully saturated rings. The van der Waals surface area contributed by atoms with Crippen molar-refractivity contribution in [2.75, 3.05) is 25.0 Å². The quantitative estimate of drug-likeness (QED) is 0.667. The fourth-order valence-corrected chi connectivity index (χ4v) is 3.13. The molecule has 154 valence electrons. The highest BCUT2D eigenvalue weighted by Gasteiger charge is 2.16. The van der Waals surface area contributed by atoms with E-state index in [9.17, 15) is 14.4 Å². The smallest absolute Gasteiger partial charge is 0.258 e. The highest BCUT2D eigenvalue weighted by molar-refractivity contribution is 6.04. The predicted octanol–water partition coefficient (Wildman–Crippen LogP) is 3.22. The van der Waals surface area contributed by atoms with Crippen LogP contribution in [0.15, 0.2) is 54.9 Å². The molecular weight excluding hydrogens is 409 g/mol. The van der Waals surface area contributed by atoms with Crippen LogP contribution in [0.4, 0.5) is 10.1 Å². The van der Waals surface area contributed by atoms with Gasteiger partial charge in [0, 0.05) is 25.0 Å². The fourth-order valence-electron chi connectivity index (χ4n) is 3.13. The van der Waals surface area contributed by atoms with Gasteiger partial charge in [0.25, 0.3) is 5.91 Å². The van der Waals surface area contributed by atoms with Crippen LogP contribution in [0.2, 0.25) is 0 Å². The Kier molecular flexibility index (Phi) is 6.79. The van der Waals surface area contributed by atoms with Crippen molar-refractivity contribution in [1.82, 2.24) is 15.1 Å². The zero-order chi connectivity index (χ0) is 20.2. The van der Waals surface area contributed by atoms with E-state index in [0.717, 1.165) is 24.7 Å². The molecule has 2 aromatic carbocycles. The van der Waals surface area contributed by atoms with Crippen molar-refractivity contribution >= 4 is 24.0 Å². The second-order valence-corrected chi connectivity index (χ2v) is 6.59. The number of hydrogen-bond donors (Lipinski definition) is 2. The number of aromatic nitrogens is 2. The van der Waals surface area contributed by atoms with Crippen LogP contribution < -0.4 is 10.6 Å². The molecule has 0 aliphatic carbocycles. The molecule has 7 nitrogen and oxygen atoms in total. The Hall–Kier alpha value is -3.25. The van der Waals surface area contributed by atoms with Crippen molar-refractivity contribution in [2.24, 2.45) is 0 Å². The van der Waals surface area contributed by atoms with Gasteiger partial charge in [0.15, 0.2) is 0 Å². The number of anilines is 1. The average Bonchev–Trinajstić information content (AvgIpc) is 3.25. The second-order valence-electron chi connectivity index (χ2n) is 6.59. The van der Waals surface area contributed by atoms with E-state index in [1.165, 1.54) is 29.2 Å². The summed E-state index contributed by atoms with van der Waals surface area (Å²) in [5.74, 6) is -0.839. The predicted molar refractivity (Wildman–Crippen MR) is 111 cm³/mol. The molecule has 1 atom stereocenters. The molecule has 0 spiro atoms. The molecule has 2 N–H and O–H groups in total. The minimum atomic E-state index is -0.506. The third kappa shape index (κ3) is 4.66. The first-order valence-corrected chi connectivity index (χ1v) is 9.12. The van der Waals surface area contributed by atoms with Crippen LogP contribution >= 0.6 is 12.4 Å². The lowest BCUT2D eigenvalue weighted by Gasteiger charge is -2.24. The minimum absolute atomic E-state index is 0. The van der Waals surface area contributed by atoms with Gasteiger partial charge in [0.2, 0.25) is 0 Å². The first-order chi connectivity index (χ1) is 14.1. The molecule has 0 saturated carbocycles. The number of halogens is 2. The van der Waals surface area contributed by atoms with Crippen molar-refractivity contribution in [3.8, 4) is 11.8 Å². The third-order valence-electron chi connectivity index (χ3n) is 4.64. The van der Waals surface area contributed by atoms with Crippen LogP contribution in [0.25, 0.3) is 5.69 Å². The summed E-state index contributed by atoms with van der Waals surface area (Å²) in [6.45, 7) is 2.29. The second kappa shape index (κ2) is 9.50. The Morgan fingerprint density at radius 3 is 2.80 bits per heavy atom. The van der Waals surface area contributed by atoms with Crippen LogP contribution in [-0.2, 0) is 4.74 Å². The Balaban J connectivity index is 0.00000256. The molecule has 2 heterocycles. The van der Waals surface area contributed by atoms with Crippen LogP contribution in [-0.4, -0.2) is 35.4 Å². The number of benzene rings is 2. The van der Waals surface area contributed by atoms with E-state index < -0.39 is 5.82 Å². The lowest BCUT2D eigenvalue weighted by Crippen LogP contribution is -2.33. The monoisotopic (exact) mass is 427 g/mol. The Bertz CT molecular complexity index is 1070. The largest absolute Gasteiger partial charge is 0.371 e. The molecule has 1 aromatic heterocycles. The third-order valence-corrected chi connectivity index (χ3v) is 4.64. The van der Waals surface area contributed by atoms with Crippen molar-refractivity contribution < 1.29 is 13.9 Å². The molecule has 4 rings (SSSR count). The number of ether oxygens (including phenoxy) is 1. The number of hydrogen-bond acceptors (Lipinski definition) is 5. The molecule has 1 aliphatic heterocycles. The van der Waals surface area contributed by atoms with E-state index in [4.69, 9.17) is 4.74 Å². The number of amides is 1. The molecule has 0 unspecified atom stereocenters. The SMILES string of the molecule is Cl.N#Cc1cc(F)ccc1-n1cc(C(=O)Nc2ccc([C@H]3CNCCO3)cc2)cn1. The summed E-state index contributed by atoms with van der Waals surface area (Å²) in [7, 11) is 0. The topological polar surface area (TPSA) is 92.0 Å². The number of nitrogens with one attached hydrogen (secondary N) is 2. The molecule has 9 heteroatoms. The van der Waals surface area contributed by atoms with E-state index in [2.05, 4.69) is 15.7 Å². The summed E-state index contributed by atoms with van der Waals surface area (Å²) in [6.07, 6.45) is 2.91. The van der Waals surface area contributed by atoms with Crippen molar-refractivity contribution in [1.29, 1.82) is 5.26 Å². The summed E-state index contributed by atoms with van der Waals surface area (Å²) in [6, 6.07) is 13.2. The lowest BCUT2D eigenvalue weighted by molar-refractivity contribution is 0.0277. The lowest BCUT2D eigenvalue weighted by atomic mass is 10.1. The van der Waals surface area contributed by atoms with Gasteiger partial charge < -0.3 is 15.4 Å². The molecular formula is C21H19ClFN5O2. The fraction of sp³-hybridized carbons (Fsp3) is 0.190. The number of rotatable bonds is 4. The minimum Gasteiger partial charge on any atom is -0.371 e. The Labute approximate surface area is 178 Å². The van der Waals surface area contributed by atoms with Crippen LogP contribution in [0.3, 0.4) is 0 Å². The van der Waals surface area contributed by atoms with Gasteiger partial charge in [0.05, 0.1) is 35.7 Å². The van der Waals surface area contributed by atoms with Crippen molar-refractivity contribution in [3.05, 3.63) is 77.4 Å². The maximum Gasteiger partial charge on any atom is 0.258 e. The Morgan fingerprint density at radius 1 is 1.30 bits per heavy atom. The van der Waals surface area contributed by atoms with Gasteiger partial charge in [-0.05, 0) is 35.9 Å². The van der Waals surface area contributed by atoms with E-state index in [0.29, 0.717) is 23.5 Å². The number of morpholine rings is 1. The number of nitrogens with zero attached hydrogens (tertiary/aromatic N) is 3. The maximum atomic E-state index is 13.3. The van der Waals surface area contributed by atoms with Crippen molar-refractivity contribution in [3.63, 3.8) is 0 Å².